The molecule has 1 aliphatic rings. The van der Waals surface area contributed by atoms with Crippen molar-refractivity contribution in [3.05, 3.63) is 34.5 Å². The molecule has 7 nitrogen and oxygen atoms in total. The molecule has 0 radical (unpaired) electrons. The molecule has 0 saturated carbocycles. The van der Waals surface area contributed by atoms with E-state index >= 15 is 0 Å². The third-order valence-corrected chi connectivity index (χ3v) is 4.92. The molecule has 0 spiro atoms. The molecule has 2 aromatic heterocycles. The lowest BCUT2D eigenvalue weighted by Gasteiger charge is -2.34. The molecule has 2 amide bonds. The lowest BCUT2D eigenvalue weighted by molar-refractivity contribution is -0.133. The molecular formula is C17H23N5O2S. The van der Waals surface area contributed by atoms with E-state index in [1.54, 1.807) is 17.1 Å². The number of hydrogen-bond donors (Lipinski definition) is 1. The Kier molecular flexibility index (Phi) is 5.47. The molecule has 0 saturated heterocycles. The van der Waals surface area contributed by atoms with Crippen molar-refractivity contribution >= 4 is 23.2 Å². The lowest BCUT2D eigenvalue weighted by atomic mass is 10.1. The first-order valence-electron chi connectivity index (χ1n) is 8.51. The molecule has 0 aromatic carbocycles. The molecule has 25 heavy (non-hydrogen) atoms. The monoisotopic (exact) mass is 361 g/mol. The van der Waals surface area contributed by atoms with Crippen molar-refractivity contribution in [3.8, 4) is 0 Å². The van der Waals surface area contributed by atoms with Crippen LogP contribution >= 0.6 is 11.3 Å². The number of aromatic nitrogens is 3. The second-order valence-electron chi connectivity index (χ2n) is 6.71. The maximum atomic E-state index is 12.5. The van der Waals surface area contributed by atoms with Crippen LogP contribution in [-0.2, 0) is 11.3 Å². The third kappa shape index (κ3) is 4.25. The molecular weight excluding hydrogens is 338 g/mol. The van der Waals surface area contributed by atoms with Gasteiger partial charge in [-0.25, -0.2) is 4.98 Å². The highest BCUT2D eigenvalue weighted by atomic mass is 32.1. The van der Waals surface area contributed by atoms with E-state index in [0.29, 0.717) is 37.7 Å². The van der Waals surface area contributed by atoms with Crippen LogP contribution in [0.5, 0.6) is 0 Å². The Morgan fingerprint density at radius 1 is 1.44 bits per heavy atom. The molecule has 134 valence electrons. The molecule has 0 aliphatic carbocycles. The van der Waals surface area contributed by atoms with E-state index in [1.807, 2.05) is 15.6 Å². The van der Waals surface area contributed by atoms with Crippen LogP contribution in [0.1, 0.15) is 48.9 Å². The predicted octanol–water partition coefficient (Wildman–Crippen LogP) is 2.09. The van der Waals surface area contributed by atoms with Crippen LogP contribution in [0.15, 0.2) is 23.2 Å². The summed E-state index contributed by atoms with van der Waals surface area (Å²) in [4.78, 5) is 30.5. The number of fused-ring (bicyclic) bond motifs is 1. The van der Waals surface area contributed by atoms with E-state index in [4.69, 9.17) is 0 Å². The molecule has 3 rings (SSSR count). The Morgan fingerprint density at radius 3 is 3.00 bits per heavy atom. The summed E-state index contributed by atoms with van der Waals surface area (Å²) in [6.45, 7) is 5.79. The van der Waals surface area contributed by atoms with E-state index in [1.165, 1.54) is 11.3 Å². The summed E-state index contributed by atoms with van der Waals surface area (Å²) in [6.07, 6.45) is 3.19. The zero-order valence-electron chi connectivity index (χ0n) is 14.5. The summed E-state index contributed by atoms with van der Waals surface area (Å²) in [7, 11) is 0. The minimum atomic E-state index is -0.196. The van der Waals surface area contributed by atoms with Gasteiger partial charge in [0.25, 0.3) is 5.91 Å². The number of carbonyl (C=O) groups is 2. The SMILES string of the molecule is CC(C)CCC(=O)N1Cc2ccnn2[C@@H](CNC(=O)c2cscn2)C1. The van der Waals surface area contributed by atoms with Crippen molar-refractivity contribution < 1.29 is 9.59 Å². The minimum Gasteiger partial charge on any atom is -0.348 e. The van der Waals surface area contributed by atoms with Gasteiger partial charge in [0.2, 0.25) is 5.91 Å². The number of thiazole rings is 1. The second kappa shape index (κ2) is 7.77. The number of nitrogens with one attached hydrogen (secondary N) is 1. The fourth-order valence-corrected chi connectivity index (χ4v) is 3.46. The van der Waals surface area contributed by atoms with Crippen molar-refractivity contribution in [2.45, 2.75) is 39.3 Å². The topological polar surface area (TPSA) is 80.1 Å². The van der Waals surface area contributed by atoms with Gasteiger partial charge in [0.05, 0.1) is 23.8 Å². The zero-order chi connectivity index (χ0) is 17.8. The van der Waals surface area contributed by atoms with Crippen molar-refractivity contribution in [2.24, 2.45) is 5.92 Å². The van der Waals surface area contributed by atoms with Gasteiger partial charge in [-0.2, -0.15) is 5.10 Å². The molecule has 8 heteroatoms. The highest BCUT2D eigenvalue weighted by Crippen LogP contribution is 2.21. The zero-order valence-corrected chi connectivity index (χ0v) is 15.3. The molecule has 0 unspecified atom stereocenters. The first-order chi connectivity index (χ1) is 12.0. The molecule has 3 heterocycles. The average Bonchev–Trinajstić information content (AvgIpc) is 3.27. The predicted molar refractivity (Wildman–Crippen MR) is 95.2 cm³/mol. The van der Waals surface area contributed by atoms with Crippen molar-refractivity contribution in [1.29, 1.82) is 0 Å². The quantitative estimate of drug-likeness (QED) is 0.854. The standard InChI is InChI=1S/C17H23N5O2S/c1-12(2)3-4-16(23)21-8-13-5-6-20-22(13)14(9-21)7-18-17(24)15-10-25-11-19-15/h5-6,10-12,14H,3-4,7-9H2,1-2H3,(H,18,24)/t14-/m0/s1. The van der Waals surface area contributed by atoms with Crippen LogP contribution in [0.25, 0.3) is 0 Å². The smallest absolute Gasteiger partial charge is 0.270 e. The van der Waals surface area contributed by atoms with Gasteiger partial charge in [0, 0.05) is 31.1 Å². The Balaban J connectivity index is 1.64. The Bertz CT molecular complexity index is 725. The highest BCUT2D eigenvalue weighted by molar-refractivity contribution is 7.07. The first kappa shape index (κ1) is 17.6. The van der Waals surface area contributed by atoms with Gasteiger partial charge in [0.15, 0.2) is 0 Å². The fourth-order valence-electron chi connectivity index (χ4n) is 2.92. The Labute approximate surface area is 151 Å². The number of nitrogens with zero attached hydrogens (tertiary/aromatic N) is 4. The van der Waals surface area contributed by atoms with Gasteiger partial charge < -0.3 is 10.2 Å². The summed E-state index contributed by atoms with van der Waals surface area (Å²) in [5, 5.41) is 8.98. The van der Waals surface area contributed by atoms with Crippen LogP contribution in [-0.4, -0.2) is 44.6 Å². The maximum absolute atomic E-state index is 12.5. The summed E-state index contributed by atoms with van der Waals surface area (Å²) in [6, 6.07) is 1.86. The fraction of sp³-hybridized carbons (Fsp3) is 0.529. The van der Waals surface area contributed by atoms with Crippen LogP contribution in [0.3, 0.4) is 0 Å². The summed E-state index contributed by atoms with van der Waals surface area (Å²) in [5.74, 6) is 0.475. The molecule has 2 aromatic rings. The first-order valence-corrected chi connectivity index (χ1v) is 9.45. The number of rotatable bonds is 6. The third-order valence-electron chi connectivity index (χ3n) is 4.33. The Morgan fingerprint density at radius 2 is 2.28 bits per heavy atom. The van der Waals surface area contributed by atoms with E-state index in [9.17, 15) is 9.59 Å². The summed E-state index contributed by atoms with van der Waals surface area (Å²) < 4.78 is 1.91. The van der Waals surface area contributed by atoms with E-state index in [-0.39, 0.29) is 17.9 Å². The summed E-state index contributed by atoms with van der Waals surface area (Å²) >= 11 is 1.39. The van der Waals surface area contributed by atoms with Gasteiger partial charge in [-0.05, 0) is 18.4 Å². The highest BCUT2D eigenvalue weighted by Gasteiger charge is 2.28. The van der Waals surface area contributed by atoms with Crippen LogP contribution in [0.4, 0.5) is 0 Å². The average molecular weight is 361 g/mol. The van der Waals surface area contributed by atoms with Crippen LogP contribution < -0.4 is 5.32 Å². The van der Waals surface area contributed by atoms with Crippen molar-refractivity contribution in [2.75, 3.05) is 13.1 Å². The van der Waals surface area contributed by atoms with Crippen molar-refractivity contribution in [3.63, 3.8) is 0 Å². The normalized spacial score (nSPS) is 16.8. The van der Waals surface area contributed by atoms with E-state index < -0.39 is 0 Å². The molecule has 1 aliphatic heterocycles. The van der Waals surface area contributed by atoms with Gasteiger partial charge in [-0.3, -0.25) is 14.3 Å². The minimum absolute atomic E-state index is 0.0654. The van der Waals surface area contributed by atoms with E-state index in [0.717, 1.165) is 12.1 Å². The lowest BCUT2D eigenvalue weighted by Crippen LogP contribution is -2.45. The largest absolute Gasteiger partial charge is 0.348 e. The van der Waals surface area contributed by atoms with Crippen molar-refractivity contribution in [1.82, 2.24) is 25.0 Å². The summed E-state index contributed by atoms with van der Waals surface area (Å²) in [5.41, 5.74) is 3.06. The molecule has 1 atom stereocenters. The number of carbonyl (C=O) groups excluding carboxylic acids is 2. The second-order valence-corrected chi connectivity index (χ2v) is 7.43. The van der Waals surface area contributed by atoms with Crippen LogP contribution in [0.2, 0.25) is 0 Å². The number of amides is 2. The van der Waals surface area contributed by atoms with Gasteiger partial charge in [-0.1, -0.05) is 13.8 Å². The van der Waals surface area contributed by atoms with Gasteiger partial charge in [-0.15, -0.1) is 11.3 Å². The molecule has 0 fully saturated rings. The molecule has 1 N–H and O–H groups in total. The number of hydrogen-bond acceptors (Lipinski definition) is 5. The van der Waals surface area contributed by atoms with Crippen LogP contribution in [0, 0.1) is 5.92 Å². The maximum Gasteiger partial charge on any atom is 0.270 e. The van der Waals surface area contributed by atoms with Gasteiger partial charge >= 0.3 is 0 Å². The van der Waals surface area contributed by atoms with E-state index in [2.05, 4.69) is 29.2 Å². The molecule has 0 bridgehead atoms. The Hall–Kier alpha value is -2.22. The van der Waals surface area contributed by atoms with Gasteiger partial charge in [0.1, 0.15) is 5.69 Å².